The van der Waals surface area contributed by atoms with Crippen molar-refractivity contribution >= 4 is 16.9 Å². The van der Waals surface area contributed by atoms with Crippen molar-refractivity contribution in [3.8, 4) is 0 Å². The van der Waals surface area contributed by atoms with Gasteiger partial charge in [0.25, 0.3) is 5.91 Å². The van der Waals surface area contributed by atoms with E-state index in [-0.39, 0.29) is 5.91 Å². The van der Waals surface area contributed by atoms with Crippen LogP contribution in [0.2, 0.25) is 0 Å². The minimum absolute atomic E-state index is 0.0786. The number of H-pyrrole nitrogens is 1. The summed E-state index contributed by atoms with van der Waals surface area (Å²) >= 11 is 0. The number of likely N-dealkylation sites (tertiary alicyclic amines) is 1. The van der Waals surface area contributed by atoms with E-state index in [0.29, 0.717) is 11.5 Å². The van der Waals surface area contributed by atoms with Crippen molar-refractivity contribution in [2.75, 3.05) is 13.1 Å². The number of carbonyl (C=O) groups excluding carboxylic acids is 1. The molecule has 3 heterocycles. The Balaban J connectivity index is 1.54. The topological polar surface area (TPSA) is 66.8 Å². The van der Waals surface area contributed by atoms with Crippen LogP contribution in [0, 0.1) is 6.92 Å². The summed E-state index contributed by atoms with van der Waals surface area (Å²) in [6.07, 6.45) is 4.64. The van der Waals surface area contributed by atoms with Crippen LogP contribution < -0.4 is 0 Å². The van der Waals surface area contributed by atoms with Gasteiger partial charge in [-0.2, -0.15) is 0 Å². The van der Waals surface area contributed by atoms with E-state index in [1.165, 1.54) is 0 Å². The number of aromatic amines is 1. The molecule has 0 spiro atoms. The Morgan fingerprint density at radius 2 is 2.26 bits per heavy atom. The van der Waals surface area contributed by atoms with Gasteiger partial charge in [-0.3, -0.25) is 4.79 Å². The van der Waals surface area contributed by atoms with Crippen LogP contribution in [0.4, 0.5) is 0 Å². The summed E-state index contributed by atoms with van der Waals surface area (Å²) in [6, 6.07) is 5.61. The number of hydrogen-bond donors (Lipinski definition) is 1. The summed E-state index contributed by atoms with van der Waals surface area (Å²) in [5.74, 6) is 1.46. The van der Waals surface area contributed by atoms with Gasteiger partial charge in [-0.05, 0) is 31.5 Å². The van der Waals surface area contributed by atoms with Crippen LogP contribution in [-0.2, 0) is 7.05 Å². The molecule has 1 aromatic carbocycles. The van der Waals surface area contributed by atoms with Crippen molar-refractivity contribution in [3.63, 3.8) is 0 Å². The molecule has 0 radical (unpaired) electrons. The first-order valence-electron chi connectivity index (χ1n) is 7.84. The maximum absolute atomic E-state index is 12.7. The summed E-state index contributed by atoms with van der Waals surface area (Å²) in [5.41, 5.74) is 3.51. The van der Waals surface area contributed by atoms with Crippen molar-refractivity contribution in [1.29, 1.82) is 0 Å². The monoisotopic (exact) mass is 309 g/mol. The standard InChI is InChI=1S/C17H19N5O/c1-11-8-21(2)16(20-11)13-5-6-22(9-13)17(23)12-3-4-14-15(7-12)19-10-18-14/h3-4,7-8,10,13H,5-6,9H2,1-2H3,(H,18,19)/t13-/m0/s1. The number of rotatable bonds is 2. The van der Waals surface area contributed by atoms with E-state index < -0.39 is 0 Å². The van der Waals surface area contributed by atoms with Crippen LogP contribution in [-0.4, -0.2) is 43.4 Å². The minimum atomic E-state index is 0.0786. The minimum Gasteiger partial charge on any atom is -0.345 e. The number of carbonyl (C=O) groups is 1. The highest BCUT2D eigenvalue weighted by Gasteiger charge is 2.30. The van der Waals surface area contributed by atoms with Gasteiger partial charge in [0.05, 0.1) is 23.1 Å². The first-order valence-corrected chi connectivity index (χ1v) is 7.84. The number of nitrogens with one attached hydrogen (secondary N) is 1. The SMILES string of the molecule is Cc1cn(C)c([C@H]2CCN(C(=O)c3ccc4nc[nH]c4c3)C2)n1. The van der Waals surface area contributed by atoms with E-state index in [2.05, 4.69) is 19.5 Å². The maximum Gasteiger partial charge on any atom is 0.253 e. The predicted molar refractivity (Wildman–Crippen MR) is 87.3 cm³/mol. The molecule has 0 saturated carbocycles. The second-order valence-corrected chi connectivity index (χ2v) is 6.22. The zero-order valence-electron chi connectivity index (χ0n) is 13.3. The number of benzene rings is 1. The lowest BCUT2D eigenvalue weighted by Gasteiger charge is -2.16. The second-order valence-electron chi connectivity index (χ2n) is 6.22. The molecule has 1 N–H and O–H groups in total. The predicted octanol–water partition coefficient (Wildman–Crippen LogP) is 2.23. The van der Waals surface area contributed by atoms with Gasteiger partial charge in [0.2, 0.25) is 0 Å². The summed E-state index contributed by atoms with van der Waals surface area (Å²) in [6.45, 7) is 3.50. The van der Waals surface area contributed by atoms with Crippen LogP contribution in [0.3, 0.4) is 0 Å². The Bertz CT molecular complexity index is 878. The quantitative estimate of drug-likeness (QED) is 0.789. The Morgan fingerprint density at radius 3 is 3.04 bits per heavy atom. The number of aryl methyl sites for hydroxylation is 2. The van der Waals surface area contributed by atoms with Crippen molar-refractivity contribution in [2.45, 2.75) is 19.3 Å². The largest absolute Gasteiger partial charge is 0.345 e. The van der Waals surface area contributed by atoms with Crippen LogP contribution in [0.15, 0.2) is 30.7 Å². The van der Waals surface area contributed by atoms with Gasteiger partial charge in [-0.15, -0.1) is 0 Å². The van der Waals surface area contributed by atoms with Crippen molar-refractivity contribution in [3.05, 3.63) is 47.8 Å². The molecular weight excluding hydrogens is 290 g/mol. The van der Waals surface area contributed by atoms with Gasteiger partial charge >= 0.3 is 0 Å². The summed E-state index contributed by atoms with van der Waals surface area (Å²) in [5, 5.41) is 0. The van der Waals surface area contributed by atoms with Crippen molar-refractivity contribution < 1.29 is 4.79 Å². The molecule has 2 aromatic heterocycles. The van der Waals surface area contributed by atoms with Gasteiger partial charge in [0.15, 0.2) is 0 Å². The van der Waals surface area contributed by atoms with Crippen LogP contribution >= 0.6 is 0 Å². The van der Waals surface area contributed by atoms with Crippen molar-refractivity contribution in [2.24, 2.45) is 7.05 Å². The highest BCUT2D eigenvalue weighted by Crippen LogP contribution is 2.27. The molecule has 23 heavy (non-hydrogen) atoms. The number of hydrogen-bond acceptors (Lipinski definition) is 3. The maximum atomic E-state index is 12.7. The number of nitrogens with zero attached hydrogens (tertiary/aromatic N) is 4. The average molecular weight is 309 g/mol. The molecular formula is C17H19N5O. The van der Waals surface area contributed by atoms with Gasteiger partial charge in [-0.1, -0.05) is 0 Å². The third-order valence-corrected chi connectivity index (χ3v) is 4.54. The second kappa shape index (κ2) is 5.22. The highest BCUT2D eigenvalue weighted by molar-refractivity contribution is 5.97. The van der Waals surface area contributed by atoms with Gasteiger partial charge < -0.3 is 14.5 Å². The van der Waals surface area contributed by atoms with Gasteiger partial charge in [0.1, 0.15) is 5.82 Å². The molecule has 1 aliphatic heterocycles. The molecule has 0 bridgehead atoms. The molecule has 1 aliphatic rings. The summed E-state index contributed by atoms with van der Waals surface area (Å²) < 4.78 is 2.07. The molecule has 6 nitrogen and oxygen atoms in total. The summed E-state index contributed by atoms with van der Waals surface area (Å²) in [4.78, 5) is 26.5. The number of aromatic nitrogens is 4. The van der Waals surface area contributed by atoms with E-state index in [1.54, 1.807) is 6.33 Å². The first kappa shape index (κ1) is 14.0. The van der Waals surface area contributed by atoms with E-state index in [9.17, 15) is 4.79 Å². The fourth-order valence-corrected chi connectivity index (χ4v) is 3.42. The third-order valence-electron chi connectivity index (χ3n) is 4.54. The molecule has 1 amide bonds. The average Bonchev–Trinajstić information content (AvgIpc) is 3.24. The molecule has 1 saturated heterocycles. The molecule has 118 valence electrons. The number of imidazole rings is 2. The third kappa shape index (κ3) is 2.40. The normalized spacial score (nSPS) is 18.0. The fourth-order valence-electron chi connectivity index (χ4n) is 3.42. The molecule has 1 fully saturated rings. The molecule has 0 unspecified atom stereocenters. The smallest absolute Gasteiger partial charge is 0.253 e. The Labute approximate surface area is 134 Å². The van der Waals surface area contributed by atoms with Crippen molar-refractivity contribution in [1.82, 2.24) is 24.4 Å². The zero-order valence-corrected chi connectivity index (χ0v) is 13.3. The number of fused-ring (bicyclic) bond motifs is 1. The number of amides is 1. The molecule has 0 aliphatic carbocycles. The Kier molecular flexibility index (Phi) is 3.18. The van der Waals surface area contributed by atoms with Crippen LogP contribution in [0.5, 0.6) is 0 Å². The zero-order chi connectivity index (χ0) is 16.0. The highest BCUT2D eigenvalue weighted by atomic mass is 16.2. The lowest BCUT2D eigenvalue weighted by Crippen LogP contribution is -2.28. The summed E-state index contributed by atoms with van der Waals surface area (Å²) in [7, 11) is 2.02. The van der Waals surface area contributed by atoms with E-state index in [1.807, 2.05) is 43.3 Å². The van der Waals surface area contributed by atoms with E-state index in [0.717, 1.165) is 42.1 Å². The van der Waals surface area contributed by atoms with Gasteiger partial charge in [-0.25, -0.2) is 9.97 Å². The first-order chi connectivity index (χ1) is 11.1. The molecule has 4 rings (SSSR count). The van der Waals surface area contributed by atoms with Crippen LogP contribution in [0.1, 0.15) is 34.2 Å². The fraction of sp³-hybridized carbons (Fsp3) is 0.353. The molecule has 1 atom stereocenters. The Morgan fingerprint density at radius 1 is 1.39 bits per heavy atom. The lowest BCUT2D eigenvalue weighted by molar-refractivity contribution is 0.0790. The van der Waals surface area contributed by atoms with E-state index >= 15 is 0 Å². The van der Waals surface area contributed by atoms with Crippen LogP contribution in [0.25, 0.3) is 11.0 Å². The molecule has 3 aromatic rings. The Hall–Kier alpha value is -2.63. The molecule has 6 heteroatoms. The van der Waals surface area contributed by atoms with E-state index in [4.69, 9.17) is 0 Å². The van der Waals surface area contributed by atoms with Gasteiger partial charge in [0, 0.05) is 37.8 Å². The lowest BCUT2D eigenvalue weighted by atomic mass is 10.1.